The van der Waals surface area contributed by atoms with Crippen LogP contribution in [0, 0.1) is 0 Å². The van der Waals surface area contributed by atoms with Crippen LogP contribution in [0.2, 0.25) is 0 Å². The van der Waals surface area contributed by atoms with Crippen molar-refractivity contribution in [1.29, 1.82) is 0 Å². The molecule has 0 radical (unpaired) electrons. The first kappa shape index (κ1) is 10.9. The van der Waals surface area contributed by atoms with Crippen LogP contribution >= 0.6 is 0 Å². The number of hydrogen-bond donors (Lipinski definition) is 1. The van der Waals surface area contributed by atoms with Crippen LogP contribution in [0.1, 0.15) is 32.1 Å². The highest BCUT2D eigenvalue weighted by Gasteiger charge is 2.37. The summed E-state index contributed by atoms with van der Waals surface area (Å²) >= 11 is 0. The van der Waals surface area contributed by atoms with E-state index in [1.54, 1.807) is 0 Å². The van der Waals surface area contributed by atoms with Gasteiger partial charge in [0.2, 0.25) is 5.91 Å². The molecule has 94 valence electrons. The highest BCUT2D eigenvalue weighted by atomic mass is 16.2. The smallest absolute Gasteiger partial charge is 0.317 e. The number of carbonyl (C=O) groups excluding carboxylic acids is 2. The van der Waals surface area contributed by atoms with Gasteiger partial charge in [0.25, 0.3) is 0 Å². The zero-order valence-corrected chi connectivity index (χ0v) is 10.0. The van der Waals surface area contributed by atoms with Crippen molar-refractivity contribution >= 4 is 11.9 Å². The SMILES string of the molecule is O=C(NC1CCC1)N1CCN2C(=O)CCC2C1. The van der Waals surface area contributed by atoms with Gasteiger partial charge >= 0.3 is 6.03 Å². The lowest BCUT2D eigenvalue weighted by Gasteiger charge is -2.39. The van der Waals surface area contributed by atoms with Crippen molar-refractivity contribution in [3.05, 3.63) is 0 Å². The Morgan fingerprint density at radius 1 is 1.24 bits per heavy atom. The minimum atomic E-state index is 0.0636. The number of urea groups is 1. The van der Waals surface area contributed by atoms with Crippen molar-refractivity contribution in [2.24, 2.45) is 0 Å². The lowest BCUT2D eigenvalue weighted by Crippen LogP contribution is -2.57. The van der Waals surface area contributed by atoms with Crippen molar-refractivity contribution in [1.82, 2.24) is 15.1 Å². The summed E-state index contributed by atoms with van der Waals surface area (Å²) in [4.78, 5) is 27.3. The minimum absolute atomic E-state index is 0.0636. The third kappa shape index (κ3) is 1.98. The summed E-state index contributed by atoms with van der Waals surface area (Å²) < 4.78 is 0. The maximum atomic E-state index is 12.0. The Hall–Kier alpha value is -1.26. The zero-order chi connectivity index (χ0) is 11.8. The fourth-order valence-corrected chi connectivity index (χ4v) is 2.87. The van der Waals surface area contributed by atoms with E-state index in [2.05, 4.69) is 5.32 Å². The van der Waals surface area contributed by atoms with Crippen LogP contribution < -0.4 is 5.32 Å². The van der Waals surface area contributed by atoms with Gasteiger partial charge in [-0.15, -0.1) is 0 Å². The first-order valence-electron chi connectivity index (χ1n) is 6.59. The van der Waals surface area contributed by atoms with Crippen molar-refractivity contribution < 1.29 is 9.59 Å². The first-order chi connectivity index (χ1) is 8.24. The number of hydrogen-bond acceptors (Lipinski definition) is 2. The molecule has 5 nitrogen and oxygen atoms in total. The number of piperazine rings is 1. The molecule has 5 heteroatoms. The molecule has 1 atom stereocenters. The number of nitrogens with one attached hydrogen (secondary N) is 1. The van der Waals surface area contributed by atoms with Crippen LogP contribution in [-0.2, 0) is 4.79 Å². The summed E-state index contributed by atoms with van der Waals surface area (Å²) in [5.41, 5.74) is 0. The molecule has 3 rings (SSSR count). The fourth-order valence-electron chi connectivity index (χ4n) is 2.87. The van der Waals surface area contributed by atoms with E-state index in [1.807, 2.05) is 9.80 Å². The predicted molar refractivity (Wildman–Crippen MR) is 62.5 cm³/mol. The number of rotatable bonds is 1. The van der Waals surface area contributed by atoms with Gasteiger partial charge in [-0.2, -0.15) is 0 Å². The normalized spacial score (nSPS) is 28.9. The standard InChI is InChI=1S/C12H19N3O2/c16-11-5-4-10-8-14(6-7-15(10)11)12(17)13-9-2-1-3-9/h9-10H,1-8H2,(H,13,17). The largest absolute Gasteiger partial charge is 0.336 e. The van der Waals surface area contributed by atoms with Gasteiger partial charge in [-0.05, 0) is 25.7 Å². The van der Waals surface area contributed by atoms with E-state index in [9.17, 15) is 9.59 Å². The second-order valence-corrected chi connectivity index (χ2v) is 5.30. The second-order valence-electron chi connectivity index (χ2n) is 5.30. The van der Waals surface area contributed by atoms with Crippen LogP contribution in [0.3, 0.4) is 0 Å². The van der Waals surface area contributed by atoms with E-state index in [4.69, 9.17) is 0 Å². The Morgan fingerprint density at radius 3 is 2.76 bits per heavy atom. The molecule has 3 amide bonds. The van der Waals surface area contributed by atoms with Crippen LogP contribution in [0.15, 0.2) is 0 Å². The Kier molecular flexibility index (Phi) is 2.68. The lowest BCUT2D eigenvalue weighted by molar-refractivity contribution is -0.130. The Labute approximate surface area is 101 Å². The van der Waals surface area contributed by atoms with Gasteiger partial charge in [0.1, 0.15) is 0 Å². The molecule has 1 N–H and O–H groups in total. The van der Waals surface area contributed by atoms with Gasteiger partial charge in [0, 0.05) is 38.1 Å². The number of nitrogens with zero attached hydrogens (tertiary/aromatic N) is 2. The first-order valence-corrected chi connectivity index (χ1v) is 6.59. The molecule has 0 spiro atoms. The monoisotopic (exact) mass is 237 g/mol. The number of carbonyl (C=O) groups is 2. The van der Waals surface area contributed by atoms with Crippen molar-refractivity contribution in [3.8, 4) is 0 Å². The van der Waals surface area contributed by atoms with E-state index >= 15 is 0 Å². The molecular weight excluding hydrogens is 218 g/mol. The zero-order valence-electron chi connectivity index (χ0n) is 10.0. The third-order valence-corrected chi connectivity index (χ3v) is 4.21. The van der Waals surface area contributed by atoms with Crippen LogP contribution in [-0.4, -0.2) is 53.5 Å². The molecule has 3 aliphatic rings. The van der Waals surface area contributed by atoms with E-state index < -0.39 is 0 Å². The number of fused-ring (bicyclic) bond motifs is 1. The van der Waals surface area contributed by atoms with Crippen molar-refractivity contribution in [3.63, 3.8) is 0 Å². The molecule has 2 saturated heterocycles. The molecule has 0 aromatic carbocycles. The molecule has 3 fully saturated rings. The van der Waals surface area contributed by atoms with Gasteiger partial charge < -0.3 is 15.1 Å². The maximum absolute atomic E-state index is 12.0. The van der Waals surface area contributed by atoms with Gasteiger partial charge in [0.15, 0.2) is 0 Å². The molecule has 0 bridgehead atoms. The molecule has 0 aromatic heterocycles. The molecule has 2 heterocycles. The average molecular weight is 237 g/mol. The Balaban J connectivity index is 1.55. The number of amides is 3. The summed E-state index contributed by atoms with van der Waals surface area (Å²) in [7, 11) is 0. The highest BCUT2D eigenvalue weighted by Crippen LogP contribution is 2.23. The summed E-state index contributed by atoms with van der Waals surface area (Å²) in [6, 6.07) is 0.725. The molecule has 1 aliphatic carbocycles. The minimum Gasteiger partial charge on any atom is -0.336 e. The second kappa shape index (κ2) is 4.20. The Morgan fingerprint density at radius 2 is 2.06 bits per heavy atom. The van der Waals surface area contributed by atoms with Crippen molar-refractivity contribution in [2.75, 3.05) is 19.6 Å². The van der Waals surface area contributed by atoms with Crippen LogP contribution in [0.25, 0.3) is 0 Å². The van der Waals surface area contributed by atoms with E-state index in [0.29, 0.717) is 32.1 Å². The fraction of sp³-hybridized carbons (Fsp3) is 0.833. The Bertz CT molecular complexity index is 341. The molecule has 1 unspecified atom stereocenters. The summed E-state index contributed by atoms with van der Waals surface area (Å²) in [5.74, 6) is 0.258. The average Bonchev–Trinajstić information content (AvgIpc) is 2.65. The van der Waals surface area contributed by atoms with Crippen LogP contribution in [0.5, 0.6) is 0 Å². The van der Waals surface area contributed by atoms with Crippen LogP contribution in [0.4, 0.5) is 4.79 Å². The molecule has 17 heavy (non-hydrogen) atoms. The van der Waals surface area contributed by atoms with E-state index in [-0.39, 0.29) is 18.0 Å². The molecule has 2 aliphatic heterocycles. The quantitative estimate of drug-likeness (QED) is 0.724. The summed E-state index contributed by atoms with van der Waals surface area (Å²) in [6.07, 6.45) is 5.03. The van der Waals surface area contributed by atoms with E-state index in [1.165, 1.54) is 6.42 Å². The van der Waals surface area contributed by atoms with Crippen molar-refractivity contribution in [2.45, 2.75) is 44.2 Å². The van der Waals surface area contributed by atoms with Gasteiger partial charge in [0.05, 0.1) is 0 Å². The van der Waals surface area contributed by atoms with E-state index in [0.717, 1.165) is 19.3 Å². The third-order valence-electron chi connectivity index (χ3n) is 4.21. The summed E-state index contributed by atoms with van der Waals surface area (Å²) in [5, 5.41) is 3.06. The predicted octanol–water partition coefficient (Wildman–Crippen LogP) is 0.555. The summed E-state index contributed by atoms with van der Waals surface area (Å²) in [6.45, 7) is 2.10. The van der Waals surface area contributed by atoms with Gasteiger partial charge in [-0.1, -0.05) is 0 Å². The van der Waals surface area contributed by atoms with Gasteiger partial charge in [-0.3, -0.25) is 4.79 Å². The maximum Gasteiger partial charge on any atom is 0.317 e. The molecule has 0 aromatic rings. The molecular formula is C12H19N3O2. The topological polar surface area (TPSA) is 52.7 Å². The van der Waals surface area contributed by atoms with Gasteiger partial charge in [-0.25, -0.2) is 4.79 Å². The lowest BCUT2D eigenvalue weighted by atomic mass is 9.93. The highest BCUT2D eigenvalue weighted by molar-refractivity contribution is 5.80. The molecule has 1 saturated carbocycles.